The molecule has 2 rings (SSSR count). The Hall–Kier alpha value is -2.63. The minimum absolute atomic E-state index is 0.316. The standard InChI is InChI=1S/C14H15N3O3/c1-3-15-14(19)17-12-7-9-5-4-6-10(13(18)20-2)11(9)8-16-12/h4-8H,3H2,1-2H3,(H2,15,16,17,19). The summed E-state index contributed by atoms with van der Waals surface area (Å²) in [5.41, 5.74) is 0.446. The molecule has 104 valence electrons. The number of hydrogen-bond acceptors (Lipinski definition) is 4. The molecule has 0 aliphatic heterocycles. The van der Waals surface area contributed by atoms with Gasteiger partial charge in [0.05, 0.1) is 12.7 Å². The van der Waals surface area contributed by atoms with Crippen molar-refractivity contribution in [2.75, 3.05) is 19.0 Å². The molecule has 0 atom stereocenters. The Morgan fingerprint density at radius 1 is 1.35 bits per heavy atom. The van der Waals surface area contributed by atoms with Crippen molar-refractivity contribution in [2.45, 2.75) is 6.92 Å². The molecular weight excluding hydrogens is 258 g/mol. The number of benzene rings is 1. The number of carbonyl (C=O) groups is 2. The highest BCUT2D eigenvalue weighted by molar-refractivity contribution is 6.05. The van der Waals surface area contributed by atoms with Crippen molar-refractivity contribution < 1.29 is 14.3 Å². The van der Waals surface area contributed by atoms with Crippen LogP contribution in [0.3, 0.4) is 0 Å². The van der Waals surface area contributed by atoms with E-state index in [2.05, 4.69) is 15.6 Å². The molecule has 0 saturated carbocycles. The number of aromatic nitrogens is 1. The second kappa shape index (κ2) is 6.01. The first-order valence-corrected chi connectivity index (χ1v) is 6.17. The van der Waals surface area contributed by atoms with Crippen LogP contribution in [0.15, 0.2) is 30.5 Å². The normalized spacial score (nSPS) is 10.1. The second-order valence-electron chi connectivity index (χ2n) is 4.07. The zero-order chi connectivity index (χ0) is 14.5. The lowest BCUT2D eigenvalue weighted by molar-refractivity contribution is 0.0603. The Bertz CT molecular complexity index is 655. The molecule has 1 aromatic heterocycles. The Morgan fingerprint density at radius 3 is 2.85 bits per heavy atom. The van der Waals surface area contributed by atoms with Crippen molar-refractivity contribution >= 4 is 28.6 Å². The van der Waals surface area contributed by atoms with Crippen LogP contribution in [0.4, 0.5) is 10.6 Å². The van der Waals surface area contributed by atoms with E-state index < -0.39 is 5.97 Å². The van der Waals surface area contributed by atoms with Crippen molar-refractivity contribution in [2.24, 2.45) is 0 Å². The van der Waals surface area contributed by atoms with E-state index in [0.717, 1.165) is 5.39 Å². The van der Waals surface area contributed by atoms with Crippen LogP contribution >= 0.6 is 0 Å². The van der Waals surface area contributed by atoms with Crippen molar-refractivity contribution in [3.05, 3.63) is 36.0 Å². The molecule has 0 bridgehead atoms. The third-order valence-electron chi connectivity index (χ3n) is 2.75. The first-order valence-electron chi connectivity index (χ1n) is 6.17. The van der Waals surface area contributed by atoms with Crippen LogP contribution < -0.4 is 10.6 Å². The summed E-state index contributed by atoms with van der Waals surface area (Å²) in [4.78, 5) is 27.2. The molecule has 2 N–H and O–H groups in total. The molecule has 0 aliphatic carbocycles. The van der Waals surface area contributed by atoms with Gasteiger partial charge in [-0.25, -0.2) is 14.6 Å². The molecule has 0 saturated heterocycles. The van der Waals surface area contributed by atoms with Crippen molar-refractivity contribution in [3.63, 3.8) is 0 Å². The van der Waals surface area contributed by atoms with Crippen molar-refractivity contribution in [1.29, 1.82) is 0 Å². The molecule has 0 spiro atoms. The van der Waals surface area contributed by atoms with Gasteiger partial charge in [0.1, 0.15) is 5.82 Å². The Kier molecular flexibility index (Phi) is 4.14. The number of fused-ring (bicyclic) bond motifs is 1. The van der Waals surface area contributed by atoms with E-state index in [1.54, 1.807) is 24.4 Å². The summed E-state index contributed by atoms with van der Waals surface area (Å²) in [5.74, 6) is 0.00676. The number of esters is 1. The molecule has 0 fully saturated rings. The summed E-state index contributed by atoms with van der Waals surface area (Å²) in [6.07, 6.45) is 1.54. The minimum atomic E-state index is -0.415. The predicted octanol–water partition coefficient (Wildman–Crippen LogP) is 2.16. The van der Waals surface area contributed by atoms with Gasteiger partial charge in [0.15, 0.2) is 0 Å². The fourth-order valence-corrected chi connectivity index (χ4v) is 1.85. The van der Waals surface area contributed by atoms with Crippen LogP contribution in [-0.4, -0.2) is 30.6 Å². The SMILES string of the molecule is CCNC(=O)Nc1cc2cccc(C(=O)OC)c2cn1. The summed E-state index contributed by atoms with van der Waals surface area (Å²) < 4.78 is 4.72. The van der Waals surface area contributed by atoms with Crippen LogP contribution in [0.5, 0.6) is 0 Å². The van der Waals surface area contributed by atoms with Gasteiger partial charge in [0.2, 0.25) is 0 Å². The molecule has 20 heavy (non-hydrogen) atoms. The molecule has 6 heteroatoms. The topological polar surface area (TPSA) is 80.3 Å². The monoisotopic (exact) mass is 273 g/mol. The highest BCUT2D eigenvalue weighted by atomic mass is 16.5. The number of nitrogens with zero attached hydrogens (tertiary/aromatic N) is 1. The van der Waals surface area contributed by atoms with E-state index >= 15 is 0 Å². The first kappa shape index (κ1) is 13.8. The van der Waals surface area contributed by atoms with Gasteiger partial charge in [0.25, 0.3) is 0 Å². The molecule has 0 unspecified atom stereocenters. The van der Waals surface area contributed by atoms with E-state index in [-0.39, 0.29) is 6.03 Å². The number of carbonyl (C=O) groups excluding carboxylic acids is 2. The fraction of sp³-hybridized carbons (Fsp3) is 0.214. The number of anilines is 1. The predicted molar refractivity (Wildman–Crippen MR) is 75.8 cm³/mol. The maximum atomic E-state index is 11.6. The average molecular weight is 273 g/mol. The lowest BCUT2D eigenvalue weighted by Crippen LogP contribution is -2.28. The van der Waals surface area contributed by atoms with E-state index in [1.165, 1.54) is 7.11 Å². The van der Waals surface area contributed by atoms with E-state index in [0.29, 0.717) is 23.3 Å². The van der Waals surface area contributed by atoms with E-state index in [1.807, 2.05) is 13.0 Å². The zero-order valence-corrected chi connectivity index (χ0v) is 11.3. The van der Waals surface area contributed by atoms with Gasteiger partial charge < -0.3 is 10.1 Å². The number of ether oxygens (including phenoxy) is 1. The Balaban J connectivity index is 2.36. The third kappa shape index (κ3) is 2.85. The first-order chi connectivity index (χ1) is 9.65. The van der Waals surface area contributed by atoms with Crippen molar-refractivity contribution in [3.8, 4) is 0 Å². The van der Waals surface area contributed by atoms with Gasteiger partial charge in [-0.05, 0) is 24.4 Å². The summed E-state index contributed by atoms with van der Waals surface area (Å²) in [5, 5.41) is 6.72. The van der Waals surface area contributed by atoms with Crippen LogP contribution in [0, 0.1) is 0 Å². The smallest absolute Gasteiger partial charge is 0.338 e. The number of nitrogens with one attached hydrogen (secondary N) is 2. The number of pyridine rings is 1. The Labute approximate surface area is 116 Å². The minimum Gasteiger partial charge on any atom is -0.465 e. The van der Waals surface area contributed by atoms with Crippen LogP contribution in [0.25, 0.3) is 10.8 Å². The summed E-state index contributed by atoms with van der Waals surface area (Å²) in [6.45, 7) is 2.36. The molecule has 6 nitrogen and oxygen atoms in total. The highest BCUT2D eigenvalue weighted by Gasteiger charge is 2.11. The maximum absolute atomic E-state index is 11.6. The van der Waals surface area contributed by atoms with Crippen LogP contribution in [-0.2, 0) is 4.74 Å². The number of methoxy groups -OCH3 is 1. The van der Waals surface area contributed by atoms with Crippen molar-refractivity contribution in [1.82, 2.24) is 10.3 Å². The molecule has 1 aromatic carbocycles. The van der Waals surface area contributed by atoms with E-state index in [9.17, 15) is 9.59 Å². The van der Waals surface area contributed by atoms with Gasteiger partial charge in [-0.3, -0.25) is 5.32 Å². The average Bonchev–Trinajstić information content (AvgIpc) is 2.45. The molecule has 0 radical (unpaired) electrons. The number of urea groups is 1. The summed E-state index contributed by atoms with van der Waals surface area (Å²) >= 11 is 0. The number of hydrogen-bond donors (Lipinski definition) is 2. The third-order valence-corrected chi connectivity index (χ3v) is 2.75. The largest absolute Gasteiger partial charge is 0.465 e. The van der Waals surface area contributed by atoms with Crippen LogP contribution in [0.2, 0.25) is 0 Å². The van der Waals surface area contributed by atoms with Crippen LogP contribution in [0.1, 0.15) is 17.3 Å². The van der Waals surface area contributed by atoms with Gasteiger partial charge in [-0.15, -0.1) is 0 Å². The van der Waals surface area contributed by atoms with Gasteiger partial charge in [-0.2, -0.15) is 0 Å². The second-order valence-corrected chi connectivity index (χ2v) is 4.07. The van der Waals surface area contributed by atoms with Gasteiger partial charge in [-0.1, -0.05) is 12.1 Å². The van der Waals surface area contributed by atoms with Gasteiger partial charge in [0, 0.05) is 18.1 Å². The molecular formula is C14H15N3O3. The Morgan fingerprint density at radius 2 is 2.15 bits per heavy atom. The quantitative estimate of drug-likeness (QED) is 0.840. The maximum Gasteiger partial charge on any atom is 0.338 e. The lowest BCUT2D eigenvalue weighted by Gasteiger charge is -2.08. The molecule has 2 amide bonds. The molecule has 2 aromatic rings. The summed E-state index contributed by atoms with van der Waals surface area (Å²) in [7, 11) is 1.33. The fourth-order valence-electron chi connectivity index (χ4n) is 1.85. The highest BCUT2D eigenvalue weighted by Crippen LogP contribution is 2.21. The van der Waals surface area contributed by atoms with E-state index in [4.69, 9.17) is 4.74 Å². The number of rotatable bonds is 3. The lowest BCUT2D eigenvalue weighted by atomic mass is 10.1. The van der Waals surface area contributed by atoms with Gasteiger partial charge >= 0.3 is 12.0 Å². The zero-order valence-electron chi connectivity index (χ0n) is 11.3. The summed E-state index contributed by atoms with van der Waals surface area (Å²) in [6, 6.07) is 6.66. The molecule has 0 aliphatic rings. The number of amides is 2. The molecule has 1 heterocycles.